The van der Waals surface area contributed by atoms with Crippen molar-refractivity contribution in [2.75, 3.05) is 44.7 Å². The Kier molecular flexibility index (Phi) is 5.48. The third kappa shape index (κ3) is 4.85. The summed E-state index contributed by atoms with van der Waals surface area (Å²) in [5.41, 5.74) is 0. The van der Waals surface area contributed by atoms with Crippen LogP contribution >= 0.6 is 0 Å². The fraction of sp³-hybridized carbons (Fsp3) is 0.929. The number of likely N-dealkylation sites (tertiary alicyclic amines) is 1. The Hall–Kier alpha value is -0.820. The summed E-state index contributed by atoms with van der Waals surface area (Å²) in [6.45, 7) is 5.98. The molecule has 122 valence electrons. The summed E-state index contributed by atoms with van der Waals surface area (Å²) in [4.78, 5) is 16.0. The number of hydrogen-bond donors (Lipinski definition) is 1. The molecule has 6 nitrogen and oxygen atoms in total. The summed E-state index contributed by atoms with van der Waals surface area (Å²) >= 11 is 0. The Labute approximate surface area is 127 Å². The van der Waals surface area contributed by atoms with Gasteiger partial charge < -0.3 is 15.1 Å². The van der Waals surface area contributed by atoms with E-state index in [1.165, 1.54) is 12.8 Å². The first-order valence-electron chi connectivity index (χ1n) is 7.81. The summed E-state index contributed by atoms with van der Waals surface area (Å²) in [6.07, 6.45) is 3.01. The van der Waals surface area contributed by atoms with Crippen LogP contribution in [0.1, 0.15) is 26.2 Å². The molecule has 0 aromatic carbocycles. The third-order valence-corrected chi connectivity index (χ3v) is 6.41. The van der Waals surface area contributed by atoms with Crippen molar-refractivity contribution in [3.05, 3.63) is 0 Å². The van der Waals surface area contributed by atoms with Gasteiger partial charge in [-0.25, -0.2) is 13.2 Å². The molecule has 2 amide bonds. The standard InChI is InChI=1S/C14H27N3O3S/c1-12-3-7-17(8-4-12)9-6-15-14(18)16(2)13-5-10-21(19,20)11-13/h12-13H,3-11H2,1-2H3,(H,15,18)/t13-/m1/s1. The summed E-state index contributed by atoms with van der Waals surface area (Å²) in [6, 6.07) is -0.340. The van der Waals surface area contributed by atoms with Gasteiger partial charge in [-0.05, 0) is 38.3 Å². The molecule has 0 radical (unpaired) electrons. The molecule has 2 saturated heterocycles. The second-order valence-electron chi connectivity index (χ2n) is 6.42. The Bertz CT molecular complexity index is 458. The highest BCUT2D eigenvalue weighted by molar-refractivity contribution is 7.91. The van der Waals surface area contributed by atoms with E-state index in [0.717, 1.165) is 25.6 Å². The van der Waals surface area contributed by atoms with Crippen LogP contribution in [0.5, 0.6) is 0 Å². The van der Waals surface area contributed by atoms with Crippen molar-refractivity contribution < 1.29 is 13.2 Å². The van der Waals surface area contributed by atoms with Gasteiger partial charge in [-0.1, -0.05) is 6.92 Å². The number of piperidine rings is 1. The fourth-order valence-electron chi connectivity index (χ4n) is 2.98. The van der Waals surface area contributed by atoms with Gasteiger partial charge in [-0.15, -0.1) is 0 Å². The summed E-state index contributed by atoms with van der Waals surface area (Å²) in [7, 11) is -1.26. The summed E-state index contributed by atoms with van der Waals surface area (Å²) < 4.78 is 22.9. The smallest absolute Gasteiger partial charge is 0.317 e. The van der Waals surface area contributed by atoms with Gasteiger partial charge in [0.2, 0.25) is 0 Å². The molecular formula is C14H27N3O3S. The zero-order valence-corrected chi connectivity index (χ0v) is 13.9. The largest absolute Gasteiger partial charge is 0.337 e. The minimum atomic E-state index is -2.95. The van der Waals surface area contributed by atoms with Crippen LogP contribution in [-0.2, 0) is 9.84 Å². The molecule has 21 heavy (non-hydrogen) atoms. The first-order valence-corrected chi connectivity index (χ1v) is 9.63. The molecular weight excluding hydrogens is 290 g/mol. The predicted octanol–water partition coefficient (Wildman–Crippen LogP) is 0.547. The van der Waals surface area contributed by atoms with Gasteiger partial charge in [0, 0.05) is 26.2 Å². The molecule has 0 unspecified atom stereocenters. The fourth-order valence-corrected chi connectivity index (χ4v) is 4.75. The third-order valence-electron chi connectivity index (χ3n) is 4.66. The van der Waals surface area contributed by atoms with Gasteiger partial charge in [0.15, 0.2) is 9.84 Å². The average molecular weight is 317 g/mol. The minimum Gasteiger partial charge on any atom is -0.337 e. The monoisotopic (exact) mass is 317 g/mol. The number of rotatable bonds is 4. The molecule has 0 saturated carbocycles. The van der Waals surface area contributed by atoms with E-state index < -0.39 is 9.84 Å². The van der Waals surface area contributed by atoms with Crippen LogP contribution in [0.15, 0.2) is 0 Å². The van der Waals surface area contributed by atoms with Crippen LogP contribution in [0.3, 0.4) is 0 Å². The lowest BCUT2D eigenvalue weighted by atomic mass is 9.99. The molecule has 7 heteroatoms. The molecule has 0 aromatic heterocycles. The second kappa shape index (κ2) is 6.96. The van der Waals surface area contributed by atoms with Crippen LogP contribution in [0.2, 0.25) is 0 Å². The number of carbonyl (C=O) groups is 1. The van der Waals surface area contributed by atoms with Crippen molar-refractivity contribution in [1.82, 2.24) is 15.1 Å². The maximum absolute atomic E-state index is 12.0. The van der Waals surface area contributed by atoms with E-state index in [9.17, 15) is 13.2 Å². The Morgan fingerprint density at radius 2 is 1.95 bits per heavy atom. The lowest BCUT2D eigenvalue weighted by Crippen LogP contribution is -2.46. The zero-order chi connectivity index (χ0) is 15.5. The van der Waals surface area contributed by atoms with Crippen LogP contribution in [-0.4, -0.2) is 75.0 Å². The molecule has 2 heterocycles. The Morgan fingerprint density at radius 3 is 2.52 bits per heavy atom. The van der Waals surface area contributed by atoms with E-state index in [4.69, 9.17) is 0 Å². The van der Waals surface area contributed by atoms with Gasteiger partial charge in [0.05, 0.1) is 11.5 Å². The first kappa shape index (κ1) is 16.5. The van der Waals surface area contributed by atoms with Gasteiger partial charge in [0.1, 0.15) is 0 Å². The lowest BCUT2D eigenvalue weighted by Gasteiger charge is -2.30. The van der Waals surface area contributed by atoms with Crippen molar-refractivity contribution in [2.45, 2.75) is 32.2 Å². The summed E-state index contributed by atoms with van der Waals surface area (Å²) in [5, 5.41) is 2.90. The molecule has 1 atom stereocenters. The van der Waals surface area contributed by atoms with Crippen LogP contribution in [0.25, 0.3) is 0 Å². The molecule has 2 aliphatic rings. The second-order valence-corrected chi connectivity index (χ2v) is 8.65. The highest BCUT2D eigenvalue weighted by atomic mass is 32.2. The molecule has 1 N–H and O–H groups in total. The maximum Gasteiger partial charge on any atom is 0.317 e. The van der Waals surface area contributed by atoms with E-state index in [1.807, 2.05) is 0 Å². The maximum atomic E-state index is 12.0. The zero-order valence-electron chi connectivity index (χ0n) is 13.0. The number of hydrogen-bond acceptors (Lipinski definition) is 4. The molecule has 2 rings (SSSR count). The Morgan fingerprint density at radius 1 is 1.29 bits per heavy atom. The lowest BCUT2D eigenvalue weighted by molar-refractivity contribution is 0.180. The van der Waals surface area contributed by atoms with E-state index >= 15 is 0 Å². The van der Waals surface area contributed by atoms with Crippen molar-refractivity contribution in [3.63, 3.8) is 0 Å². The van der Waals surface area contributed by atoms with E-state index in [1.54, 1.807) is 11.9 Å². The van der Waals surface area contributed by atoms with Crippen LogP contribution < -0.4 is 5.32 Å². The van der Waals surface area contributed by atoms with Crippen LogP contribution in [0.4, 0.5) is 4.79 Å². The molecule has 0 spiro atoms. The number of urea groups is 1. The number of nitrogens with one attached hydrogen (secondary N) is 1. The van der Waals surface area contributed by atoms with Crippen molar-refractivity contribution >= 4 is 15.9 Å². The Balaban J connectivity index is 1.67. The van der Waals surface area contributed by atoms with E-state index in [0.29, 0.717) is 13.0 Å². The van der Waals surface area contributed by atoms with Gasteiger partial charge in [0.25, 0.3) is 0 Å². The normalized spacial score (nSPS) is 26.7. The number of amides is 2. The predicted molar refractivity (Wildman–Crippen MR) is 83.1 cm³/mol. The topological polar surface area (TPSA) is 69.7 Å². The molecule has 0 bridgehead atoms. The molecule has 0 aliphatic carbocycles. The summed E-state index contributed by atoms with van der Waals surface area (Å²) in [5.74, 6) is 1.11. The quantitative estimate of drug-likeness (QED) is 0.822. The minimum absolute atomic E-state index is 0.0981. The SMILES string of the molecule is CC1CCN(CCNC(=O)N(C)[C@@H]2CCS(=O)(=O)C2)CC1. The highest BCUT2D eigenvalue weighted by Crippen LogP contribution is 2.17. The van der Waals surface area contributed by atoms with Gasteiger partial charge in [-0.2, -0.15) is 0 Å². The number of sulfone groups is 1. The van der Waals surface area contributed by atoms with Crippen molar-refractivity contribution in [1.29, 1.82) is 0 Å². The molecule has 2 fully saturated rings. The van der Waals surface area contributed by atoms with Crippen molar-refractivity contribution in [3.8, 4) is 0 Å². The molecule has 0 aromatic rings. The van der Waals surface area contributed by atoms with E-state index in [-0.39, 0.29) is 23.6 Å². The van der Waals surface area contributed by atoms with Gasteiger partial charge >= 0.3 is 6.03 Å². The number of nitrogens with zero attached hydrogens (tertiary/aromatic N) is 2. The van der Waals surface area contributed by atoms with Gasteiger partial charge in [-0.3, -0.25) is 0 Å². The number of carbonyl (C=O) groups excluding carboxylic acids is 1. The van der Waals surface area contributed by atoms with Crippen LogP contribution in [0, 0.1) is 5.92 Å². The highest BCUT2D eigenvalue weighted by Gasteiger charge is 2.32. The van der Waals surface area contributed by atoms with E-state index in [2.05, 4.69) is 17.1 Å². The first-order chi connectivity index (χ1) is 9.87. The average Bonchev–Trinajstić information content (AvgIpc) is 2.80. The molecule has 2 aliphatic heterocycles. The van der Waals surface area contributed by atoms with Crippen molar-refractivity contribution in [2.24, 2.45) is 5.92 Å².